The summed E-state index contributed by atoms with van der Waals surface area (Å²) in [4.78, 5) is 18.0. The van der Waals surface area contributed by atoms with Gasteiger partial charge in [-0.15, -0.1) is 0 Å². The lowest BCUT2D eigenvalue weighted by Gasteiger charge is -2.13. The fraction of sp³-hybridized carbons (Fsp3) is 0. The lowest BCUT2D eigenvalue weighted by atomic mass is 10.1. The van der Waals surface area contributed by atoms with Crippen LogP contribution in [0.15, 0.2) is 79.1 Å². The molecular weight excluding hydrogens is 348 g/mol. The number of benzene rings is 3. The molecule has 2 aromatic heterocycles. The van der Waals surface area contributed by atoms with Crippen molar-refractivity contribution in [1.82, 2.24) is 19.9 Å². The van der Waals surface area contributed by atoms with Gasteiger partial charge >= 0.3 is 0 Å². The molecule has 0 saturated carbocycles. The second kappa shape index (κ2) is 6.59. The number of fused-ring (bicyclic) bond motifs is 2. The normalized spacial score (nSPS) is 11.0. The Morgan fingerprint density at radius 1 is 0.679 bits per heavy atom. The molecule has 5 aromatic rings. The van der Waals surface area contributed by atoms with Gasteiger partial charge in [0, 0.05) is 16.3 Å². The number of rotatable bonds is 3. The first-order valence-electron chi connectivity index (χ1n) is 8.88. The van der Waals surface area contributed by atoms with Crippen LogP contribution in [0.25, 0.3) is 33.2 Å². The Morgan fingerprint density at radius 3 is 2.29 bits per heavy atom. The molecule has 5 rings (SSSR count). The first-order valence-corrected chi connectivity index (χ1v) is 8.88. The van der Waals surface area contributed by atoms with E-state index >= 15 is 0 Å². The first kappa shape index (κ1) is 16.1. The lowest BCUT2D eigenvalue weighted by molar-refractivity contribution is 1.21. The Kier molecular flexibility index (Phi) is 3.80. The third kappa shape index (κ3) is 2.77. The second-order valence-electron chi connectivity index (χ2n) is 6.36. The fourth-order valence-corrected chi connectivity index (χ4v) is 3.24. The smallest absolute Gasteiger partial charge is 0.164 e. The summed E-state index contributed by atoms with van der Waals surface area (Å²) in [5, 5.41) is 5.20. The molecule has 2 heterocycles. The van der Waals surface area contributed by atoms with Crippen LogP contribution in [0.2, 0.25) is 0 Å². The number of nitrogen functional groups attached to an aromatic ring is 1. The van der Waals surface area contributed by atoms with Gasteiger partial charge in [0.1, 0.15) is 18.0 Å². The van der Waals surface area contributed by atoms with E-state index in [0.717, 1.165) is 38.9 Å². The first-order chi connectivity index (χ1) is 13.8. The van der Waals surface area contributed by atoms with E-state index in [-0.39, 0.29) is 0 Å². The van der Waals surface area contributed by atoms with Gasteiger partial charge in [-0.2, -0.15) is 0 Å². The van der Waals surface area contributed by atoms with Gasteiger partial charge in [-0.1, -0.05) is 36.4 Å². The van der Waals surface area contributed by atoms with Gasteiger partial charge in [0.05, 0.1) is 16.7 Å². The average Bonchev–Trinajstić information content (AvgIpc) is 2.74. The van der Waals surface area contributed by atoms with Gasteiger partial charge in [-0.25, -0.2) is 19.9 Å². The number of nitrogens with one attached hydrogen (secondary N) is 1. The summed E-state index contributed by atoms with van der Waals surface area (Å²) in [6, 6.07) is 23.5. The van der Waals surface area contributed by atoms with E-state index in [1.54, 1.807) is 6.33 Å². The summed E-state index contributed by atoms with van der Waals surface area (Å²) in [5.41, 5.74) is 9.57. The van der Waals surface area contributed by atoms with Crippen LogP contribution in [0.5, 0.6) is 0 Å². The van der Waals surface area contributed by atoms with Gasteiger partial charge in [-0.3, -0.25) is 0 Å². The zero-order valence-corrected chi connectivity index (χ0v) is 14.9. The number of aromatic nitrogens is 4. The van der Waals surface area contributed by atoms with Crippen LogP contribution in [0.3, 0.4) is 0 Å². The second-order valence-corrected chi connectivity index (χ2v) is 6.36. The third-order valence-corrected chi connectivity index (χ3v) is 4.60. The Hall–Kier alpha value is -4.06. The highest BCUT2D eigenvalue weighted by molar-refractivity contribution is 5.93. The van der Waals surface area contributed by atoms with E-state index in [2.05, 4.69) is 20.3 Å². The summed E-state index contributed by atoms with van der Waals surface area (Å²) in [7, 11) is 0. The topological polar surface area (TPSA) is 89.6 Å². The SMILES string of the molecule is Nc1nc(-c2ccccc2Nc2ncnc3ccccc23)nc2ccccc12. The third-order valence-electron chi connectivity index (χ3n) is 4.60. The molecule has 0 spiro atoms. The molecule has 28 heavy (non-hydrogen) atoms. The Balaban J connectivity index is 1.64. The number of hydrogen-bond acceptors (Lipinski definition) is 6. The molecular formula is C22H16N6. The molecule has 0 amide bonds. The molecule has 0 fully saturated rings. The van der Waals surface area contributed by atoms with Crippen LogP contribution < -0.4 is 11.1 Å². The number of para-hydroxylation sites is 3. The molecule has 0 bridgehead atoms. The zero-order chi connectivity index (χ0) is 18.9. The van der Waals surface area contributed by atoms with Crippen LogP contribution >= 0.6 is 0 Å². The lowest BCUT2D eigenvalue weighted by Crippen LogP contribution is -2.01. The standard InChI is InChI=1S/C22H16N6/c23-20-14-7-1-5-11-18(14)27-22(28-20)16-9-3-6-12-19(16)26-21-15-8-2-4-10-17(15)24-13-25-21/h1-13H,(H2,23,27,28)(H,24,25,26). The van der Waals surface area contributed by atoms with Crippen molar-refractivity contribution in [3.63, 3.8) is 0 Å². The number of nitrogens with zero attached hydrogens (tertiary/aromatic N) is 4. The van der Waals surface area contributed by atoms with Crippen molar-refractivity contribution in [2.75, 3.05) is 11.1 Å². The predicted octanol–water partition coefficient (Wildman–Crippen LogP) is 4.57. The minimum absolute atomic E-state index is 0.461. The minimum Gasteiger partial charge on any atom is -0.383 e. The molecule has 6 heteroatoms. The van der Waals surface area contributed by atoms with Crippen molar-refractivity contribution in [3.8, 4) is 11.4 Å². The van der Waals surface area contributed by atoms with Crippen molar-refractivity contribution in [2.24, 2.45) is 0 Å². The average molecular weight is 364 g/mol. The van der Waals surface area contributed by atoms with Crippen molar-refractivity contribution < 1.29 is 0 Å². The van der Waals surface area contributed by atoms with E-state index in [1.807, 2.05) is 72.8 Å². The molecule has 6 nitrogen and oxygen atoms in total. The molecule has 0 radical (unpaired) electrons. The molecule has 3 aromatic carbocycles. The van der Waals surface area contributed by atoms with Gasteiger partial charge in [0.15, 0.2) is 5.82 Å². The summed E-state index contributed by atoms with van der Waals surface area (Å²) >= 11 is 0. The van der Waals surface area contributed by atoms with E-state index < -0.39 is 0 Å². The number of nitrogens with two attached hydrogens (primary N) is 1. The largest absolute Gasteiger partial charge is 0.383 e. The van der Waals surface area contributed by atoms with Crippen LogP contribution in [-0.4, -0.2) is 19.9 Å². The molecule has 0 saturated heterocycles. The Bertz CT molecular complexity index is 1310. The Labute approximate surface area is 161 Å². The molecule has 134 valence electrons. The highest BCUT2D eigenvalue weighted by Gasteiger charge is 2.12. The van der Waals surface area contributed by atoms with Gasteiger partial charge in [-0.05, 0) is 36.4 Å². The van der Waals surface area contributed by atoms with Crippen LogP contribution in [0.1, 0.15) is 0 Å². The maximum Gasteiger partial charge on any atom is 0.164 e. The molecule has 0 aliphatic rings. The van der Waals surface area contributed by atoms with Crippen LogP contribution in [-0.2, 0) is 0 Å². The van der Waals surface area contributed by atoms with E-state index in [1.165, 1.54) is 0 Å². The fourth-order valence-electron chi connectivity index (χ4n) is 3.24. The number of anilines is 3. The monoisotopic (exact) mass is 364 g/mol. The van der Waals surface area contributed by atoms with Crippen molar-refractivity contribution in [1.29, 1.82) is 0 Å². The van der Waals surface area contributed by atoms with E-state index in [4.69, 9.17) is 10.7 Å². The minimum atomic E-state index is 0.461. The van der Waals surface area contributed by atoms with E-state index in [0.29, 0.717) is 11.6 Å². The highest BCUT2D eigenvalue weighted by atomic mass is 15.0. The van der Waals surface area contributed by atoms with Crippen LogP contribution in [0.4, 0.5) is 17.3 Å². The van der Waals surface area contributed by atoms with Crippen LogP contribution in [0, 0.1) is 0 Å². The van der Waals surface area contributed by atoms with Crippen molar-refractivity contribution >= 4 is 39.1 Å². The molecule has 3 N–H and O–H groups in total. The molecule has 0 unspecified atom stereocenters. The molecule has 0 aliphatic carbocycles. The summed E-state index contributed by atoms with van der Waals surface area (Å²) in [5.74, 6) is 1.76. The predicted molar refractivity (Wildman–Crippen MR) is 112 cm³/mol. The molecule has 0 aliphatic heterocycles. The van der Waals surface area contributed by atoms with Gasteiger partial charge in [0.2, 0.25) is 0 Å². The molecule has 0 atom stereocenters. The van der Waals surface area contributed by atoms with Crippen molar-refractivity contribution in [2.45, 2.75) is 0 Å². The summed E-state index contributed by atoms with van der Waals surface area (Å²) in [6.45, 7) is 0. The highest BCUT2D eigenvalue weighted by Crippen LogP contribution is 2.31. The van der Waals surface area contributed by atoms with Crippen molar-refractivity contribution in [3.05, 3.63) is 79.1 Å². The zero-order valence-electron chi connectivity index (χ0n) is 14.9. The summed E-state index contributed by atoms with van der Waals surface area (Å²) in [6.07, 6.45) is 1.55. The quantitative estimate of drug-likeness (QED) is 0.487. The Morgan fingerprint density at radius 2 is 1.39 bits per heavy atom. The number of hydrogen-bond donors (Lipinski definition) is 2. The summed E-state index contributed by atoms with van der Waals surface area (Å²) < 4.78 is 0. The maximum absolute atomic E-state index is 6.18. The van der Waals surface area contributed by atoms with Gasteiger partial charge < -0.3 is 11.1 Å². The maximum atomic E-state index is 6.18. The van der Waals surface area contributed by atoms with Gasteiger partial charge in [0.25, 0.3) is 0 Å². The van der Waals surface area contributed by atoms with E-state index in [9.17, 15) is 0 Å².